The van der Waals surface area contributed by atoms with E-state index < -0.39 is 6.04 Å². The molecule has 2 amide bonds. The van der Waals surface area contributed by atoms with Crippen LogP contribution in [0.2, 0.25) is 5.02 Å². The number of nitrogens with zero attached hydrogens (tertiary/aromatic N) is 1. The van der Waals surface area contributed by atoms with Crippen LogP contribution >= 0.6 is 23.4 Å². The van der Waals surface area contributed by atoms with E-state index in [0.717, 1.165) is 20.9 Å². The SMILES string of the molecule is O=C(Nc1ccc(Cl)cc1)[C@H]1Cc2ccccc2CN1C(=O)c1cccc(Sc2ccccc2)c1. The van der Waals surface area contributed by atoms with Crippen molar-refractivity contribution in [3.05, 3.63) is 125 Å². The summed E-state index contributed by atoms with van der Waals surface area (Å²) >= 11 is 7.59. The maximum Gasteiger partial charge on any atom is 0.254 e. The number of benzene rings is 4. The first kappa shape index (κ1) is 23.2. The van der Waals surface area contributed by atoms with E-state index in [1.165, 1.54) is 0 Å². The van der Waals surface area contributed by atoms with Gasteiger partial charge in [-0.15, -0.1) is 0 Å². The highest BCUT2D eigenvalue weighted by molar-refractivity contribution is 7.99. The molecule has 4 aromatic rings. The number of nitrogens with one attached hydrogen (secondary N) is 1. The zero-order valence-electron chi connectivity index (χ0n) is 18.9. The highest BCUT2D eigenvalue weighted by Gasteiger charge is 2.35. The standard InChI is InChI=1S/C29H23ClN2O2S/c30-23-13-15-24(16-14-23)31-28(33)27-18-20-7-4-5-8-22(20)19-32(27)29(34)21-9-6-12-26(17-21)35-25-10-2-1-3-11-25/h1-17,27H,18-19H2,(H,31,33)/t27-/m1/s1. The fourth-order valence-corrected chi connectivity index (χ4v) is 5.24. The van der Waals surface area contributed by atoms with Gasteiger partial charge in [0.15, 0.2) is 0 Å². The molecule has 1 aliphatic heterocycles. The number of carbonyl (C=O) groups is 2. The lowest BCUT2D eigenvalue weighted by atomic mass is 9.92. The number of anilines is 1. The van der Waals surface area contributed by atoms with Gasteiger partial charge in [-0.3, -0.25) is 9.59 Å². The van der Waals surface area contributed by atoms with E-state index in [1.807, 2.05) is 78.9 Å². The molecular formula is C29H23ClN2O2S. The van der Waals surface area contributed by atoms with Crippen molar-refractivity contribution in [2.75, 3.05) is 5.32 Å². The number of amides is 2. The van der Waals surface area contributed by atoms with E-state index in [1.54, 1.807) is 40.9 Å². The lowest BCUT2D eigenvalue weighted by Crippen LogP contribution is -2.50. The topological polar surface area (TPSA) is 49.4 Å². The van der Waals surface area contributed by atoms with E-state index in [2.05, 4.69) is 5.32 Å². The van der Waals surface area contributed by atoms with Gasteiger partial charge in [-0.25, -0.2) is 0 Å². The molecule has 4 aromatic carbocycles. The Morgan fingerprint density at radius 2 is 1.49 bits per heavy atom. The number of fused-ring (bicyclic) bond motifs is 1. The van der Waals surface area contributed by atoms with Crippen molar-refractivity contribution in [3.8, 4) is 0 Å². The lowest BCUT2D eigenvalue weighted by molar-refractivity contribution is -0.121. The normalized spacial score (nSPS) is 14.8. The van der Waals surface area contributed by atoms with E-state index in [4.69, 9.17) is 11.6 Å². The Labute approximate surface area is 213 Å². The summed E-state index contributed by atoms with van der Waals surface area (Å²) in [6, 6.07) is 32.0. The molecule has 0 aliphatic carbocycles. The summed E-state index contributed by atoms with van der Waals surface area (Å²) in [6.45, 7) is 0.379. The summed E-state index contributed by atoms with van der Waals surface area (Å²) in [5.74, 6) is -0.378. The third kappa shape index (κ3) is 5.42. The second-order valence-electron chi connectivity index (χ2n) is 8.36. The predicted octanol–water partition coefficient (Wildman–Crippen LogP) is 6.70. The van der Waals surface area contributed by atoms with Crippen molar-refractivity contribution in [2.45, 2.75) is 28.8 Å². The van der Waals surface area contributed by atoms with Gasteiger partial charge in [0.2, 0.25) is 5.91 Å². The Hall–Kier alpha value is -3.54. The van der Waals surface area contributed by atoms with Gasteiger partial charge in [-0.1, -0.05) is 71.9 Å². The largest absolute Gasteiger partial charge is 0.324 e. The fraction of sp³-hybridized carbons (Fsp3) is 0.103. The average molecular weight is 499 g/mol. The molecule has 1 aliphatic rings. The maximum atomic E-state index is 13.7. The number of hydrogen-bond donors (Lipinski definition) is 1. The van der Waals surface area contributed by atoms with Gasteiger partial charge in [-0.05, 0) is 65.7 Å². The Morgan fingerprint density at radius 3 is 2.26 bits per heavy atom. The third-order valence-electron chi connectivity index (χ3n) is 5.98. The third-order valence-corrected chi connectivity index (χ3v) is 7.23. The fourth-order valence-electron chi connectivity index (χ4n) is 4.21. The molecule has 4 nitrogen and oxygen atoms in total. The quantitative estimate of drug-likeness (QED) is 0.333. The summed E-state index contributed by atoms with van der Waals surface area (Å²) in [7, 11) is 0. The van der Waals surface area contributed by atoms with Crippen LogP contribution in [0.3, 0.4) is 0 Å². The highest BCUT2D eigenvalue weighted by atomic mass is 35.5. The van der Waals surface area contributed by atoms with Crippen LogP contribution in [-0.4, -0.2) is 22.8 Å². The van der Waals surface area contributed by atoms with Gasteiger partial charge < -0.3 is 10.2 Å². The first-order valence-electron chi connectivity index (χ1n) is 11.3. The molecule has 0 saturated carbocycles. The van der Waals surface area contributed by atoms with E-state index in [0.29, 0.717) is 29.2 Å². The molecule has 6 heteroatoms. The molecule has 1 N–H and O–H groups in total. The van der Waals surface area contributed by atoms with Crippen LogP contribution in [0.1, 0.15) is 21.5 Å². The van der Waals surface area contributed by atoms with Gasteiger partial charge in [0, 0.05) is 39.0 Å². The molecule has 174 valence electrons. The number of carbonyl (C=O) groups excluding carboxylic acids is 2. The molecule has 0 radical (unpaired) electrons. The van der Waals surface area contributed by atoms with Crippen molar-refractivity contribution in [1.29, 1.82) is 0 Å². The zero-order chi connectivity index (χ0) is 24.2. The second-order valence-corrected chi connectivity index (χ2v) is 9.94. The lowest BCUT2D eigenvalue weighted by Gasteiger charge is -2.36. The van der Waals surface area contributed by atoms with Crippen molar-refractivity contribution < 1.29 is 9.59 Å². The highest BCUT2D eigenvalue weighted by Crippen LogP contribution is 2.30. The predicted molar refractivity (Wildman–Crippen MR) is 141 cm³/mol. The molecule has 0 fully saturated rings. The monoisotopic (exact) mass is 498 g/mol. The number of halogens is 1. The van der Waals surface area contributed by atoms with Crippen LogP contribution < -0.4 is 5.32 Å². The van der Waals surface area contributed by atoms with Gasteiger partial charge in [-0.2, -0.15) is 0 Å². The van der Waals surface area contributed by atoms with Crippen LogP contribution in [0.5, 0.6) is 0 Å². The second kappa shape index (κ2) is 10.4. The summed E-state index contributed by atoms with van der Waals surface area (Å²) in [5, 5.41) is 3.55. The summed E-state index contributed by atoms with van der Waals surface area (Å²) in [4.78, 5) is 30.9. The molecule has 35 heavy (non-hydrogen) atoms. The van der Waals surface area contributed by atoms with E-state index in [9.17, 15) is 9.59 Å². The molecule has 0 saturated heterocycles. The number of hydrogen-bond acceptors (Lipinski definition) is 3. The molecule has 0 bridgehead atoms. The van der Waals surface area contributed by atoms with Crippen molar-refractivity contribution in [3.63, 3.8) is 0 Å². The molecule has 0 unspecified atom stereocenters. The Balaban J connectivity index is 1.42. The first-order valence-corrected chi connectivity index (χ1v) is 12.5. The Morgan fingerprint density at radius 1 is 0.800 bits per heavy atom. The van der Waals surface area contributed by atoms with Gasteiger partial charge in [0.05, 0.1) is 0 Å². The summed E-state index contributed by atoms with van der Waals surface area (Å²) in [6.07, 6.45) is 0.458. The van der Waals surface area contributed by atoms with Crippen molar-refractivity contribution >= 4 is 40.9 Å². The van der Waals surface area contributed by atoms with Gasteiger partial charge >= 0.3 is 0 Å². The van der Waals surface area contributed by atoms with Gasteiger partial charge in [0.1, 0.15) is 6.04 Å². The summed E-state index contributed by atoms with van der Waals surface area (Å²) < 4.78 is 0. The average Bonchev–Trinajstić information content (AvgIpc) is 2.89. The molecular weight excluding hydrogens is 476 g/mol. The zero-order valence-corrected chi connectivity index (χ0v) is 20.4. The van der Waals surface area contributed by atoms with Crippen LogP contribution in [0, 0.1) is 0 Å². The van der Waals surface area contributed by atoms with Gasteiger partial charge in [0.25, 0.3) is 5.91 Å². The van der Waals surface area contributed by atoms with Crippen LogP contribution in [0.4, 0.5) is 5.69 Å². The number of rotatable bonds is 5. The molecule has 5 rings (SSSR count). The van der Waals surface area contributed by atoms with Crippen LogP contribution in [-0.2, 0) is 17.8 Å². The van der Waals surface area contributed by atoms with E-state index >= 15 is 0 Å². The van der Waals surface area contributed by atoms with Crippen molar-refractivity contribution in [1.82, 2.24) is 4.90 Å². The minimum Gasteiger partial charge on any atom is -0.324 e. The van der Waals surface area contributed by atoms with Crippen molar-refractivity contribution in [2.24, 2.45) is 0 Å². The smallest absolute Gasteiger partial charge is 0.254 e. The molecule has 1 atom stereocenters. The Kier molecular flexibility index (Phi) is 6.89. The summed E-state index contributed by atoms with van der Waals surface area (Å²) in [5.41, 5.74) is 3.36. The first-order chi connectivity index (χ1) is 17.1. The minimum atomic E-state index is -0.626. The molecule has 1 heterocycles. The minimum absolute atomic E-state index is 0.161. The van der Waals surface area contributed by atoms with E-state index in [-0.39, 0.29) is 11.8 Å². The molecule has 0 spiro atoms. The van der Waals surface area contributed by atoms with Crippen LogP contribution in [0.15, 0.2) is 113 Å². The molecule has 0 aromatic heterocycles. The maximum absolute atomic E-state index is 13.7. The Bertz CT molecular complexity index is 1360. The van der Waals surface area contributed by atoms with Crippen LogP contribution in [0.25, 0.3) is 0 Å².